The molecular formula is C22H27N3O. The van der Waals surface area contributed by atoms with Crippen molar-refractivity contribution < 1.29 is 4.79 Å². The van der Waals surface area contributed by atoms with Crippen LogP contribution in [-0.2, 0) is 4.79 Å². The van der Waals surface area contributed by atoms with Crippen molar-refractivity contribution in [2.75, 3.05) is 0 Å². The average Bonchev–Trinajstić information content (AvgIpc) is 2.95. The predicted molar refractivity (Wildman–Crippen MR) is 104 cm³/mol. The van der Waals surface area contributed by atoms with Crippen LogP contribution in [0.4, 0.5) is 0 Å². The Hall–Kier alpha value is -2.10. The average molecular weight is 349 g/mol. The minimum atomic E-state index is -0.208. The number of hydrogen-bond donors (Lipinski definition) is 2. The van der Waals surface area contributed by atoms with Crippen molar-refractivity contribution in [3.05, 3.63) is 36.0 Å². The summed E-state index contributed by atoms with van der Waals surface area (Å²) in [5, 5.41) is 5.45. The highest BCUT2D eigenvalue weighted by molar-refractivity contribution is 5.99. The third-order valence-corrected chi connectivity index (χ3v) is 7.10. The lowest BCUT2D eigenvalue weighted by molar-refractivity contribution is -0.170. The van der Waals surface area contributed by atoms with Gasteiger partial charge in [-0.25, -0.2) is 5.43 Å². The normalized spacial score (nSPS) is 38.3. The molecule has 0 spiro atoms. The molecule has 4 aliphatic carbocycles. The van der Waals surface area contributed by atoms with E-state index in [1.165, 1.54) is 19.3 Å². The highest BCUT2D eigenvalue weighted by atomic mass is 16.2. The maximum Gasteiger partial charge on any atom is 0.246 e. The molecule has 1 aromatic heterocycles. The summed E-state index contributed by atoms with van der Waals surface area (Å²) >= 11 is 0. The largest absolute Gasteiger partial charge is 0.361 e. The van der Waals surface area contributed by atoms with Crippen LogP contribution in [0.3, 0.4) is 0 Å². The fraction of sp³-hybridized carbons (Fsp3) is 0.545. The van der Waals surface area contributed by atoms with Crippen LogP contribution in [0.5, 0.6) is 0 Å². The molecule has 4 heteroatoms. The lowest BCUT2D eigenvalue weighted by Crippen LogP contribution is -2.59. The molecule has 4 saturated carbocycles. The molecule has 0 saturated heterocycles. The molecule has 2 N–H and O–H groups in total. The van der Waals surface area contributed by atoms with Gasteiger partial charge in [0.25, 0.3) is 0 Å². The first-order valence-corrected chi connectivity index (χ1v) is 9.79. The SMILES string of the molecule is CC12CC3CC(C)(C1)CC(C(=O)N/N=C/c1c[nH]c4ccccc14)(C3)C2. The first kappa shape index (κ1) is 16.1. The second-order valence-corrected chi connectivity index (χ2v) is 9.90. The Morgan fingerprint density at radius 1 is 1.15 bits per heavy atom. The van der Waals surface area contributed by atoms with Crippen molar-refractivity contribution >= 4 is 23.0 Å². The third kappa shape index (κ3) is 2.42. The molecule has 136 valence electrons. The Labute approximate surface area is 154 Å². The number of nitrogens with zero attached hydrogens (tertiary/aromatic N) is 1. The molecule has 0 aliphatic heterocycles. The molecule has 1 heterocycles. The minimum Gasteiger partial charge on any atom is -0.361 e. The van der Waals surface area contributed by atoms with Gasteiger partial charge in [0.2, 0.25) is 5.91 Å². The van der Waals surface area contributed by atoms with Crippen LogP contribution in [0.25, 0.3) is 10.9 Å². The number of H-pyrrole nitrogens is 1. The lowest BCUT2D eigenvalue weighted by atomic mass is 9.40. The predicted octanol–water partition coefficient (Wildman–Crippen LogP) is 4.61. The zero-order valence-corrected chi connectivity index (χ0v) is 15.6. The van der Waals surface area contributed by atoms with Crippen molar-refractivity contribution in [3.63, 3.8) is 0 Å². The van der Waals surface area contributed by atoms with Gasteiger partial charge in [-0.15, -0.1) is 0 Å². The maximum absolute atomic E-state index is 13.1. The highest BCUT2D eigenvalue weighted by Gasteiger charge is 2.62. The van der Waals surface area contributed by atoms with E-state index in [4.69, 9.17) is 0 Å². The second kappa shape index (κ2) is 5.21. The number of carbonyl (C=O) groups is 1. The molecule has 2 unspecified atom stereocenters. The number of amides is 1. The number of carbonyl (C=O) groups excluding carboxylic acids is 1. The monoisotopic (exact) mass is 349 g/mol. The number of para-hydroxylation sites is 1. The standard InChI is InChI=1S/C22H27N3O/c1-20-7-15-8-21(2,12-20)14-22(9-15,13-20)19(26)25-24-11-16-10-23-18-6-4-3-5-17(16)18/h3-6,10-11,15,23H,7-9,12-14H2,1-2H3,(H,25,26)/b24-11+. The highest BCUT2D eigenvalue weighted by Crippen LogP contribution is 2.69. The number of fused-ring (bicyclic) bond motifs is 1. The first-order valence-electron chi connectivity index (χ1n) is 9.79. The van der Waals surface area contributed by atoms with Crippen LogP contribution in [0.2, 0.25) is 0 Å². The summed E-state index contributed by atoms with van der Waals surface area (Å²) in [7, 11) is 0. The van der Waals surface area contributed by atoms with Crippen LogP contribution in [0.15, 0.2) is 35.6 Å². The molecule has 2 aromatic rings. The molecule has 6 rings (SSSR count). The topological polar surface area (TPSA) is 57.2 Å². The van der Waals surface area contributed by atoms with Gasteiger partial charge in [0.15, 0.2) is 0 Å². The summed E-state index contributed by atoms with van der Waals surface area (Å²) in [6.45, 7) is 4.79. The van der Waals surface area contributed by atoms with Crippen LogP contribution in [0.1, 0.15) is 57.9 Å². The Morgan fingerprint density at radius 2 is 1.88 bits per heavy atom. The Morgan fingerprint density at radius 3 is 2.62 bits per heavy atom. The fourth-order valence-corrected chi connectivity index (χ4v) is 7.18. The van der Waals surface area contributed by atoms with E-state index in [1.807, 2.05) is 24.4 Å². The Balaban J connectivity index is 1.36. The van der Waals surface area contributed by atoms with E-state index in [9.17, 15) is 4.79 Å². The number of hydrazone groups is 1. The summed E-state index contributed by atoms with van der Waals surface area (Å²) in [5.41, 5.74) is 5.45. The third-order valence-electron chi connectivity index (χ3n) is 7.10. The van der Waals surface area contributed by atoms with E-state index in [0.717, 1.165) is 35.7 Å². The van der Waals surface area contributed by atoms with Crippen LogP contribution < -0.4 is 5.43 Å². The number of hydrogen-bond acceptors (Lipinski definition) is 2. The number of rotatable bonds is 3. The fourth-order valence-electron chi connectivity index (χ4n) is 7.18. The molecule has 4 aliphatic rings. The molecular weight excluding hydrogens is 322 g/mol. The molecule has 4 nitrogen and oxygen atoms in total. The first-order chi connectivity index (χ1) is 12.4. The molecule has 2 atom stereocenters. The van der Waals surface area contributed by atoms with E-state index in [1.54, 1.807) is 6.21 Å². The van der Waals surface area contributed by atoms with Gasteiger partial charge < -0.3 is 4.98 Å². The number of benzene rings is 1. The molecule has 4 bridgehead atoms. The smallest absolute Gasteiger partial charge is 0.246 e. The van der Waals surface area contributed by atoms with Gasteiger partial charge in [-0.2, -0.15) is 5.10 Å². The van der Waals surface area contributed by atoms with E-state index in [2.05, 4.69) is 35.4 Å². The number of nitrogens with one attached hydrogen (secondary N) is 2. The van der Waals surface area contributed by atoms with Gasteiger partial charge in [-0.05, 0) is 61.3 Å². The maximum atomic E-state index is 13.1. The van der Waals surface area contributed by atoms with Gasteiger partial charge in [0.05, 0.1) is 11.6 Å². The van der Waals surface area contributed by atoms with Crippen molar-refractivity contribution in [1.29, 1.82) is 0 Å². The van der Waals surface area contributed by atoms with Gasteiger partial charge in [0, 0.05) is 22.7 Å². The van der Waals surface area contributed by atoms with Crippen molar-refractivity contribution in [2.24, 2.45) is 27.3 Å². The Kier molecular flexibility index (Phi) is 3.23. The van der Waals surface area contributed by atoms with E-state index in [0.29, 0.717) is 16.7 Å². The van der Waals surface area contributed by atoms with Gasteiger partial charge in [-0.3, -0.25) is 4.79 Å². The molecule has 26 heavy (non-hydrogen) atoms. The summed E-state index contributed by atoms with van der Waals surface area (Å²) in [5.74, 6) is 0.847. The summed E-state index contributed by atoms with van der Waals surface area (Å²) in [6.07, 6.45) is 10.7. The van der Waals surface area contributed by atoms with E-state index in [-0.39, 0.29) is 11.3 Å². The lowest BCUT2D eigenvalue weighted by Gasteiger charge is -2.64. The van der Waals surface area contributed by atoms with Crippen molar-refractivity contribution in [3.8, 4) is 0 Å². The summed E-state index contributed by atoms with van der Waals surface area (Å²) in [6, 6.07) is 8.14. The zero-order chi connectivity index (χ0) is 18.0. The van der Waals surface area contributed by atoms with Crippen LogP contribution in [0, 0.1) is 22.2 Å². The quantitative estimate of drug-likeness (QED) is 0.617. The Bertz CT molecular complexity index is 893. The number of aromatic amines is 1. The second-order valence-electron chi connectivity index (χ2n) is 9.90. The minimum absolute atomic E-state index is 0.134. The molecule has 1 aromatic carbocycles. The number of aromatic nitrogens is 1. The summed E-state index contributed by atoms with van der Waals surface area (Å²) in [4.78, 5) is 16.4. The van der Waals surface area contributed by atoms with Crippen LogP contribution >= 0.6 is 0 Å². The summed E-state index contributed by atoms with van der Waals surface area (Å²) < 4.78 is 0. The van der Waals surface area contributed by atoms with E-state index < -0.39 is 0 Å². The molecule has 1 amide bonds. The van der Waals surface area contributed by atoms with Gasteiger partial charge in [-0.1, -0.05) is 32.0 Å². The van der Waals surface area contributed by atoms with Crippen molar-refractivity contribution in [1.82, 2.24) is 10.4 Å². The molecule has 0 radical (unpaired) electrons. The van der Waals surface area contributed by atoms with Crippen molar-refractivity contribution in [2.45, 2.75) is 52.4 Å². The van der Waals surface area contributed by atoms with Gasteiger partial charge in [0.1, 0.15) is 0 Å². The van der Waals surface area contributed by atoms with E-state index >= 15 is 0 Å². The van der Waals surface area contributed by atoms with Crippen LogP contribution in [-0.4, -0.2) is 17.1 Å². The molecule has 4 fully saturated rings. The van der Waals surface area contributed by atoms with Gasteiger partial charge >= 0.3 is 0 Å². The zero-order valence-electron chi connectivity index (χ0n) is 15.6.